The Morgan fingerprint density at radius 1 is 1.32 bits per heavy atom. The lowest BCUT2D eigenvalue weighted by atomic mass is 10.1. The van der Waals surface area contributed by atoms with Gasteiger partial charge in [-0.2, -0.15) is 4.74 Å². The second-order valence-corrected chi connectivity index (χ2v) is 5.25. The lowest BCUT2D eigenvalue weighted by Crippen LogP contribution is -2.43. The quantitative estimate of drug-likeness (QED) is 0.802. The summed E-state index contributed by atoms with van der Waals surface area (Å²) in [4.78, 5) is 35.0. The molecule has 1 saturated heterocycles. The zero-order valence-electron chi connectivity index (χ0n) is 9.68. The normalized spacial score (nSPS) is 19.7. The monoisotopic (exact) mass is 324 g/mol. The number of imide groups is 1. The van der Waals surface area contributed by atoms with E-state index < -0.39 is 11.9 Å². The number of amides is 2. The van der Waals surface area contributed by atoms with Crippen molar-refractivity contribution in [2.45, 2.75) is 18.9 Å². The molecule has 2 amide bonds. The van der Waals surface area contributed by atoms with Gasteiger partial charge in [-0.15, -0.1) is 0 Å². The second-order valence-electron chi connectivity index (χ2n) is 4.33. The van der Waals surface area contributed by atoms with Crippen molar-refractivity contribution < 1.29 is 14.1 Å². The summed E-state index contributed by atoms with van der Waals surface area (Å²) in [5.74, 6) is -0.829. The van der Waals surface area contributed by atoms with Gasteiger partial charge in [0, 0.05) is 10.9 Å². The van der Waals surface area contributed by atoms with Gasteiger partial charge < -0.3 is 4.52 Å². The molecule has 0 aliphatic carbocycles. The summed E-state index contributed by atoms with van der Waals surface area (Å²) in [5, 5.41) is 2.61. The van der Waals surface area contributed by atoms with Crippen molar-refractivity contribution in [1.29, 1.82) is 0 Å². The van der Waals surface area contributed by atoms with E-state index in [0.717, 1.165) is 9.21 Å². The molecule has 1 unspecified atom stereocenters. The summed E-state index contributed by atoms with van der Waals surface area (Å²) >= 11 is 3.28. The summed E-state index contributed by atoms with van der Waals surface area (Å²) in [7, 11) is 0. The largest absolute Gasteiger partial charge is 0.375 e. The van der Waals surface area contributed by atoms with Gasteiger partial charge in [-0.25, -0.2) is 0 Å². The summed E-state index contributed by atoms with van der Waals surface area (Å²) in [6, 6.07) is 4.28. The van der Waals surface area contributed by atoms with Gasteiger partial charge >= 0.3 is 0 Å². The van der Waals surface area contributed by atoms with Crippen LogP contribution < -0.4 is 10.9 Å². The molecule has 3 rings (SSSR count). The van der Waals surface area contributed by atoms with Crippen LogP contribution in [0.25, 0.3) is 11.0 Å². The van der Waals surface area contributed by atoms with E-state index >= 15 is 0 Å². The molecule has 2 aromatic rings. The standard InChI is InChI=1S/C12H9BrN2O4/c13-6-1-3-9-7(5-6)12(18)15(19-9)8-2-4-10(16)14-11(8)17/h1,3,5,8H,2,4H2,(H,14,16,17). The van der Waals surface area contributed by atoms with Crippen LogP contribution in [0.4, 0.5) is 0 Å². The van der Waals surface area contributed by atoms with Crippen LogP contribution in [-0.4, -0.2) is 16.6 Å². The van der Waals surface area contributed by atoms with Crippen LogP contribution in [0.2, 0.25) is 0 Å². The minimum atomic E-state index is -0.767. The van der Waals surface area contributed by atoms with Crippen molar-refractivity contribution in [3.05, 3.63) is 33.0 Å². The van der Waals surface area contributed by atoms with E-state index in [1.807, 2.05) is 0 Å². The minimum absolute atomic E-state index is 0.198. The van der Waals surface area contributed by atoms with E-state index in [0.29, 0.717) is 11.0 Å². The average molecular weight is 325 g/mol. The third-order valence-corrected chi connectivity index (χ3v) is 3.56. The molecule has 0 radical (unpaired) electrons. The zero-order valence-corrected chi connectivity index (χ0v) is 11.3. The Kier molecular flexibility index (Phi) is 2.78. The molecule has 1 fully saturated rings. The first-order valence-electron chi connectivity index (χ1n) is 5.71. The molecule has 6 nitrogen and oxygen atoms in total. The van der Waals surface area contributed by atoms with E-state index in [-0.39, 0.29) is 24.3 Å². The molecule has 1 aromatic heterocycles. The highest BCUT2D eigenvalue weighted by Gasteiger charge is 2.31. The van der Waals surface area contributed by atoms with Gasteiger partial charge in [0.1, 0.15) is 6.04 Å². The number of halogens is 1. The van der Waals surface area contributed by atoms with Crippen molar-refractivity contribution in [2.24, 2.45) is 0 Å². The second kappa shape index (κ2) is 4.34. The number of nitrogens with one attached hydrogen (secondary N) is 1. The van der Waals surface area contributed by atoms with Crippen LogP contribution in [0.3, 0.4) is 0 Å². The molecule has 98 valence electrons. The summed E-state index contributed by atoms with van der Waals surface area (Å²) in [5.41, 5.74) is 0.0451. The fourth-order valence-electron chi connectivity index (χ4n) is 2.13. The molecule has 0 saturated carbocycles. The molecule has 1 aromatic carbocycles. The molecule has 1 aliphatic heterocycles. The van der Waals surface area contributed by atoms with Gasteiger partial charge in [-0.1, -0.05) is 15.9 Å². The summed E-state index contributed by atoms with van der Waals surface area (Å²) in [6.07, 6.45) is 0.467. The van der Waals surface area contributed by atoms with Crippen molar-refractivity contribution in [1.82, 2.24) is 10.1 Å². The van der Waals surface area contributed by atoms with E-state index in [1.54, 1.807) is 18.2 Å². The number of fused-ring (bicyclic) bond motifs is 1. The summed E-state index contributed by atoms with van der Waals surface area (Å²) < 4.78 is 7.21. The Morgan fingerprint density at radius 3 is 2.84 bits per heavy atom. The smallest absolute Gasteiger partial charge is 0.291 e. The first-order valence-corrected chi connectivity index (χ1v) is 6.50. The third-order valence-electron chi connectivity index (χ3n) is 3.06. The number of rotatable bonds is 1. The van der Waals surface area contributed by atoms with Crippen LogP contribution in [0.15, 0.2) is 32.0 Å². The van der Waals surface area contributed by atoms with Crippen LogP contribution in [-0.2, 0) is 9.59 Å². The number of piperidine rings is 1. The number of carbonyl (C=O) groups is 2. The van der Waals surface area contributed by atoms with E-state index in [1.165, 1.54) is 0 Å². The predicted octanol–water partition coefficient (Wildman–Crippen LogP) is 1.33. The third kappa shape index (κ3) is 1.99. The highest BCUT2D eigenvalue weighted by atomic mass is 79.9. The van der Waals surface area contributed by atoms with Crippen molar-refractivity contribution in [2.75, 3.05) is 0 Å². The zero-order chi connectivity index (χ0) is 13.6. The first-order chi connectivity index (χ1) is 9.06. The number of nitrogens with zero attached hydrogens (tertiary/aromatic N) is 1. The summed E-state index contributed by atoms with van der Waals surface area (Å²) in [6.45, 7) is 0. The number of carbonyl (C=O) groups excluding carboxylic acids is 2. The average Bonchev–Trinajstić information content (AvgIpc) is 2.67. The molecule has 0 bridgehead atoms. The van der Waals surface area contributed by atoms with Gasteiger partial charge in [0.15, 0.2) is 5.58 Å². The topological polar surface area (TPSA) is 81.3 Å². The number of aromatic nitrogens is 1. The number of hydrogen-bond acceptors (Lipinski definition) is 4. The SMILES string of the molecule is O=C1CCC(n2oc3ccc(Br)cc3c2=O)C(=O)N1. The number of hydrogen-bond donors (Lipinski definition) is 1. The predicted molar refractivity (Wildman–Crippen MR) is 69.6 cm³/mol. The molecule has 2 heterocycles. The molecule has 1 atom stereocenters. The highest BCUT2D eigenvalue weighted by molar-refractivity contribution is 9.10. The Balaban J connectivity index is 2.11. The maximum Gasteiger partial charge on any atom is 0.291 e. The lowest BCUT2D eigenvalue weighted by molar-refractivity contribution is -0.137. The molecule has 7 heteroatoms. The molecular weight excluding hydrogens is 316 g/mol. The van der Waals surface area contributed by atoms with Crippen LogP contribution >= 0.6 is 15.9 Å². The molecular formula is C12H9BrN2O4. The Labute approximate surface area is 115 Å². The van der Waals surface area contributed by atoms with E-state index in [9.17, 15) is 14.4 Å². The Bertz CT molecular complexity index is 746. The van der Waals surface area contributed by atoms with Crippen LogP contribution in [0, 0.1) is 0 Å². The Morgan fingerprint density at radius 2 is 2.11 bits per heavy atom. The molecule has 19 heavy (non-hydrogen) atoms. The molecule has 1 aliphatic rings. The fourth-order valence-corrected chi connectivity index (χ4v) is 2.49. The van der Waals surface area contributed by atoms with Crippen LogP contribution in [0.5, 0.6) is 0 Å². The van der Waals surface area contributed by atoms with Gasteiger partial charge in [-0.3, -0.25) is 19.7 Å². The van der Waals surface area contributed by atoms with Gasteiger partial charge in [-0.05, 0) is 24.6 Å². The van der Waals surface area contributed by atoms with Crippen molar-refractivity contribution in [3.63, 3.8) is 0 Å². The van der Waals surface area contributed by atoms with Crippen molar-refractivity contribution >= 4 is 38.7 Å². The first kappa shape index (κ1) is 12.2. The number of benzene rings is 1. The molecule has 0 spiro atoms. The van der Waals surface area contributed by atoms with Gasteiger partial charge in [0.05, 0.1) is 5.39 Å². The van der Waals surface area contributed by atoms with Crippen LogP contribution in [0.1, 0.15) is 18.9 Å². The van der Waals surface area contributed by atoms with Gasteiger partial charge in [0.2, 0.25) is 5.91 Å². The lowest BCUT2D eigenvalue weighted by Gasteiger charge is -2.19. The maximum atomic E-state index is 12.2. The highest BCUT2D eigenvalue weighted by Crippen LogP contribution is 2.22. The van der Waals surface area contributed by atoms with E-state index in [4.69, 9.17) is 4.52 Å². The molecule has 1 N–H and O–H groups in total. The van der Waals surface area contributed by atoms with Gasteiger partial charge in [0.25, 0.3) is 11.5 Å². The minimum Gasteiger partial charge on any atom is -0.375 e. The maximum absolute atomic E-state index is 12.2. The fraction of sp³-hybridized carbons (Fsp3) is 0.250. The Hall–Kier alpha value is -1.89. The van der Waals surface area contributed by atoms with Crippen molar-refractivity contribution in [3.8, 4) is 0 Å². The van der Waals surface area contributed by atoms with E-state index in [2.05, 4.69) is 21.2 Å².